The van der Waals surface area contributed by atoms with Gasteiger partial charge >= 0.3 is 0 Å². The van der Waals surface area contributed by atoms with Gasteiger partial charge in [-0.05, 0) is 55.4 Å². The summed E-state index contributed by atoms with van der Waals surface area (Å²) in [5, 5.41) is 12.3. The van der Waals surface area contributed by atoms with E-state index in [9.17, 15) is 5.11 Å². The summed E-state index contributed by atoms with van der Waals surface area (Å²) in [7, 11) is 0. The molecule has 0 radical (unpaired) electrons. The zero-order valence-electron chi connectivity index (χ0n) is 16.1. The number of benzene rings is 1. The van der Waals surface area contributed by atoms with E-state index in [0.717, 1.165) is 31.5 Å². The quantitative estimate of drug-likeness (QED) is 0.777. The minimum atomic E-state index is -0.748. The molecule has 146 valence electrons. The topological polar surface area (TPSA) is 36.4 Å². The van der Waals surface area contributed by atoms with Gasteiger partial charge in [-0.15, -0.1) is 0 Å². The minimum absolute atomic E-state index is 0.292. The number of halogens is 1. The molecule has 4 bridgehead atoms. The highest BCUT2D eigenvalue weighted by Gasteiger charge is 2.71. The van der Waals surface area contributed by atoms with Crippen molar-refractivity contribution in [2.45, 2.75) is 55.1 Å². The van der Waals surface area contributed by atoms with Crippen molar-refractivity contribution in [2.75, 3.05) is 13.1 Å². The molecule has 2 heterocycles. The summed E-state index contributed by atoms with van der Waals surface area (Å²) in [5.74, 6) is 0.584. The van der Waals surface area contributed by atoms with Gasteiger partial charge in [-0.25, -0.2) is 4.98 Å². The monoisotopic (exact) mass is 394 g/mol. The van der Waals surface area contributed by atoms with Crippen LogP contribution in [0.3, 0.4) is 0 Å². The Morgan fingerprint density at radius 1 is 0.964 bits per heavy atom. The van der Waals surface area contributed by atoms with Crippen molar-refractivity contribution in [1.82, 2.24) is 9.88 Å². The van der Waals surface area contributed by atoms with Gasteiger partial charge in [0, 0.05) is 42.1 Å². The lowest BCUT2D eigenvalue weighted by Crippen LogP contribution is -2.79. The van der Waals surface area contributed by atoms with Crippen LogP contribution >= 0.6 is 11.6 Å². The molecule has 7 rings (SSSR count). The fourth-order valence-corrected chi connectivity index (χ4v) is 7.30. The van der Waals surface area contributed by atoms with E-state index in [-0.39, 0.29) is 0 Å². The Morgan fingerprint density at radius 2 is 1.64 bits per heavy atom. The van der Waals surface area contributed by atoms with E-state index in [1.54, 1.807) is 6.20 Å². The largest absolute Gasteiger partial charge is 0.384 e. The second-order valence-electron chi connectivity index (χ2n) is 9.82. The fourth-order valence-electron chi connectivity index (χ4n) is 7.13. The first kappa shape index (κ1) is 17.4. The maximum Gasteiger partial charge on any atom is 0.129 e. The molecule has 1 N–H and O–H groups in total. The molecule has 0 amide bonds. The summed E-state index contributed by atoms with van der Waals surface area (Å²) < 4.78 is 0. The fraction of sp³-hybridized carbons (Fsp3) is 0.542. The first-order valence-corrected chi connectivity index (χ1v) is 11.1. The number of aromatic nitrogens is 1. The van der Waals surface area contributed by atoms with Crippen LogP contribution in [0.2, 0.25) is 5.15 Å². The highest BCUT2D eigenvalue weighted by Crippen LogP contribution is 2.71. The minimum Gasteiger partial charge on any atom is -0.384 e. The van der Waals surface area contributed by atoms with Crippen LogP contribution in [0.15, 0.2) is 48.7 Å². The average Bonchev–Trinajstić information content (AvgIpc) is 2.61. The number of pyridine rings is 1. The number of likely N-dealkylation sites (tertiary alicyclic amines) is 1. The maximum absolute atomic E-state index is 11.8. The van der Waals surface area contributed by atoms with Gasteiger partial charge in [-0.3, -0.25) is 4.90 Å². The van der Waals surface area contributed by atoms with Gasteiger partial charge in [-0.2, -0.15) is 0 Å². The first-order chi connectivity index (χ1) is 13.5. The van der Waals surface area contributed by atoms with Gasteiger partial charge < -0.3 is 5.11 Å². The zero-order chi connectivity index (χ0) is 19.0. The lowest BCUT2D eigenvalue weighted by molar-refractivity contribution is -0.229. The predicted octanol–water partition coefficient (Wildman–Crippen LogP) is 4.53. The molecule has 5 aliphatic rings. The molecule has 2 aromatic rings. The molecular formula is C24H27ClN2O. The molecule has 0 spiro atoms. The zero-order valence-corrected chi connectivity index (χ0v) is 16.9. The Balaban J connectivity index is 1.25. The summed E-state index contributed by atoms with van der Waals surface area (Å²) in [6, 6.07) is 14.9. The van der Waals surface area contributed by atoms with Crippen LogP contribution in [0.4, 0.5) is 0 Å². The summed E-state index contributed by atoms with van der Waals surface area (Å²) in [5.41, 5.74) is 2.57. The number of rotatable bonds is 3. The SMILES string of the molecule is O[C@]1(c2ccnc(Cl)c2)[C@@H]2CCC[C@H]1CN(C13CC(c4ccccc4)(C1)C3)C2. The van der Waals surface area contributed by atoms with E-state index in [1.807, 2.05) is 12.1 Å². The van der Waals surface area contributed by atoms with Crippen LogP contribution < -0.4 is 0 Å². The Morgan fingerprint density at radius 3 is 2.29 bits per heavy atom. The lowest BCUT2D eigenvalue weighted by atomic mass is 9.36. The highest BCUT2D eigenvalue weighted by molar-refractivity contribution is 6.29. The third kappa shape index (κ3) is 2.21. The van der Waals surface area contributed by atoms with Crippen molar-refractivity contribution in [2.24, 2.45) is 11.8 Å². The third-order valence-electron chi connectivity index (χ3n) is 8.48. The summed E-state index contributed by atoms with van der Waals surface area (Å²) >= 11 is 6.16. The molecular weight excluding hydrogens is 368 g/mol. The number of fused-ring (bicyclic) bond motifs is 2. The highest BCUT2D eigenvalue weighted by atomic mass is 35.5. The van der Waals surface area contributed by atoms with E-state index >= 15 is 0 Å². The Hall–Kier alpha value is -1.42. The van der Waals surface area contributed by atoms with Crippen LogP contribution in [0.1, 0.15) is 49.7 Å². The van der Waals surface area contributed by atoms with E-state index in [0.29, 0.717) is 27.9 Å². The molecule has 3 atom stereocenters. The Kier molecular flexibility index (Phi) is 3.62. The van der Waals surface area contributed by atoms with Crippen LogP contribution in [-0.4, -0.2) is 33.6 Å². The van der Waals surface area contributed by atoms with Crippen molar-refractivity contribution in [3.8, 4) is 0 Å². The summed E-state index contributed by atoms with van der Waals surface area (Å²) in [6.07, 6.45) is 9.05. The van der Waals surface area contributed by atoms with Crippen molar-refractivity contribution < 1.29 is 5.11 Å². The van der Waals surface area contributed by atoms with Gasteiger partial charge in [0.1, 0.15) is 5.15 Å². The molecule has 5 fully saturated rings. The first-order valence-electron chi connectivity index (χ1n) is 10.7. The third-order valence-corrected chi connectivity index (χ3v) is 8.69. The van der Waals surface area contributed by atoms with Gasteiger partial charge in [0.05, 0.1) is 5.60 Å². The number of piperidine rings is 1. The maximum atomic E-state index is 11.8. The smallest absolute Gasteiger partial charge is 0.129 e. The molecule has 1 aromatic heterocycles. The van der Waals surface area contributed by atoms with Crippen LogP contribution in [0, 0.1) is 11.8 Å². The van der Waals surface area contributed by atoms with E-state index in [1.165, 1.54) is 31.2 Å². The van der Waals surface area contributed by atoms with Crippen molar-refractivity contribution >= 4 is 11.6 Å². The van der Waals surface area contributed by atoms with Crippen LogP contribution in [0.5, 0.6) is 0 Å². The Labute approximate surface area is 171 Å². The summed E-state index contributed by atoms with van der Waals surface area (Å²) in [4.78, 5) is 6.88. The normalized spacial score (nSPS) is 41.8. The molecule has 3 nitrogen and oxygen atoms in total. The molecule has 0 unspecified atom stereocenters. The number of hydrogen-bond donors (Lipinski definition) is 1. The standard InChI is InChI=1S/C24H27ClN2O/c25-21-11-18(9-10-26-21)24(28)19-7-4-8-20(24)13-27(12-19)23-14-22(15-23,16-23)17-5-2-1-3-6-17/h1-3,5-6,9-11,19-20,28H,4,7-8,12-16H2/t19-,20+,22?,23?,24-. The van der Waals surface area contributed by atoms with Gasteiger partial charge in [0.25, 0.3) is 0 Å². The average molecular weight is 395 g/mol. The molecule has 4 aliphatic carbocycles. The lowest BCUT2D eigenvalue weighted by Gasteiger charge is -2.76. The number of aliphatic hydroxyl groups is 1. The van der Waals surface area contributed by atoms with Gasteiger partial charge in [-0.1, -0.05) is 48.4 Å². The van der Waals surface area contributed by atoms with Gasteiger partial charge in [0.15, 0.2) is 0 Å². The second-order valence-corrected chi connectivity index (χ2v) is 10.2. The molecule has 4 heteroatoms. The predicted molar refractivity (Wildman–Crippen MR) is 110 cm³/mol. The van der Waals surface area contributed by atoms with Crippen molar-refractivity contribution in [1.29, 1.82) is 0 Å². The van der Waals surface area contributed by atoms with E-state index < -0.39 is 5.60 Å². The van der Waals surface area contributed by atoms with Crippen LogP contribution in [0.25, 0.3) is 0 Å². The second kappa shape index (κ2) is 5.81. The van der Waals surface area contributed by atoms with Crippen molar-refractivity contribution in [3.63, 3.8) is 0 Å². The van der Waals surface area contributed by atoms with Crippen molar-refractivity contribution in [3.05, 3.63) is 64.9 Å². The molecule has 4 saturated carbocycles. The molecule has 1 aliphatic heterocycles. The molecule has 1 saturated heterocycles. The van der Waals surface area contributed by atoms with Gasteiger partial charge in [0.2, 0.25) is 0 Å². The van der Waals surface area contributed by atoms with E-state index in [4.69, 9.17) is 11.6 Å². The van der Waals surface area contributed by atoms with E-state index in [2.05, 4.69) is 40.2 Å². The molecule has 1 aromatic carbocycles. The Bertz CT molecular complexity index is 880. The summed E-state index contributed by atoms with van der Waals surface area (Å²) in [6.45, 7) is 2.02. The molecule has 28 heavy (non-hydrogen) atoms. The number of hydrogen-bond acceptors (Lipinski definition) is 3. The number of nitrogens with zero attached hydrogens (tertiary/aromatic N) is 2. The van der Waals surface area contributed by atoms with Crippen LogP contribution in [-0.2, 0) is 11.0 Å².